The number of carbonyl (C=O) groups is 4. The van der Waals surface area contributed by atoms with Crippen LogP contribution >= 0.6 is 0 Å². The molecule has 0 atom stereocenters. The summed E-state index contributed by atoms with van der Waals surface area (Å²) >= 11 is 0. The Hall–Kier alpha value is -3.62. The quantitative estimate of drug-likeness (QED) is 0.652. The Balaban J connectivity index is 1.66. The highest BCUT2D eigenvalue weighted by Gasteiger charge is 2.44. The first kappa shape index (κ1) is 19.2. The molecule has 0 radical (unpaired) electrons. The highest BCUT2D eigenvalue weighted by molar-refractivity contribution is 6.10. The summed E-state index contributed by atoms with van der Waals surface area (Å²) in [5, 5.41) is 7.79. The predicted octanol–water partition coefficient (Wildman–Crippen LogP) is 1.48. The second-order valence-electron chi connectivity index (χ2n) is 6.80. The van der Waals surface area contributed by atoms with Crippen LogP contribution in [0, 0.1) is 0 Å². The highest BCUT2D eigenvalue weighted by atomic mass is 16.3. The topological polar surface area (TPSA) is 121 Å². The molecule has 0 bridgehead atoms. The van der Waals surface area contributed by atoms with Gasteiger partial charge in [0.2, 0.25) is 5.91 Å². The molecule has 0 unspecified atom stereocenters. The smallest absolute Gasteiger partial charge is 0.325 e. The van der Waals surface area contributed by atoms with E-state index in [1.165, 1.54) is 6.26 Å². The van der Waals surface area contributed by atoms with Crippen LogP contribution in [0.1, 0.15) is 30.0 Å². The molecule has 0 aliphatic carbocycles. The molecule has 1 aromatic heterocycles. The van der Waals surface area contributed by atoms with Gasteiger partial charge in [0.05, 0.1) is 24.1 Å². The Morgan fingerprint density at radius 2 is 1.89 bits per heavy atom. The first-order chi connectivity index (χ1) is 13.3. The first-order valence-electron chi connectivity index (χ1n) is 8.61. The summed E-state index contributed by atoms with van der Waals surface area (Å²) < 4.78 is 5.17. The summed E-state index contributed by atoms with van der Waals surface area (Å²) in [6, 6.07) is 9.27. The summed E-state index contributed by atoms with van der Waals surface area (Å²) in [5.74, 6) is -0.885. The third-order valence-corrected chi connectivity index (χ3v) is 4.20. The number of amides is 5. The lowest BCUT2D eigenvalue weighted by Crippen LogP contribution is -2.41. The fourth-order valence-corrected chi connectivity index (χ4v) is 2.76. The van der Waals surface area contributed by atoms with E-state index in [2.05, 4.69) is 16.0 Å². The molecule has 3 rings (SSSR count). The average molecular weight is 384 g/mol. The van der Waals surface area contributed by atoms with Gasteiger partial charge in [0.1, 0.15) is 17.8 Å². The van der Waals surface area contributed by atoms with Crippen molar-refractivity contribution in [3.63, 3.8) is 0 Å². The Bertz CT molecular complexity index is 920. The third kappa shape index (κ3) is 4.03. The number of rotatable bonds is 6. The van der Waals surface area contributed by atoms with Gasteiger partial charge in [-0.1, -0.05) is 12.1 Å². The molecule has 1 aliphatic heterocycles. The van der Waals surface area contributed by atoms with Crippen molar-refractivity contribution in [2.24, 2.45) is 0 Å². The van der Waals surface area contributed by atoms with Gasteiger partial charge in [-0.15, -0.1) is 0 Å². The Kier molecular flexibility index (Phi) is 5.16. The Labute approximate surface area is 161 Å². The molecule has 2 heterocycles. The molecule has 9 nitrogen and oxygen atoms in total. The molecular weight excluding hydrogens is 364 g/mol. The number of benzene rings is 1. The third-order valence-electron chi connectivity index (χ3n) is 4.20. The second kappa shape index (κ2) is 7.55. The zero-order valence-electron chi connectivity index (χ0n) is 15.4. The van der Waals surface area contributed by atoms with Gasteiger partial charge in [-0.25, -0.2) is 4.79 Å². The number of nitrogens with one attached hydrogen (secondary N) is 3. The van der Waals surface area contributed by atoms with Crippen LogP contribution in [0.15, 0.2) is 47.1 Å². The van der Waals surface area contributed by atoms with E-state index in [1.807, 2.05) is 0 Å². The van der Waals surface area contributed by atoms with E-state index in [0.717, 1.165) is 4.90 Å². The van der Waals surface area contributed by atoms with Gasteiger partial charge in [0.25, 0.3) is 11.8 Å². The average Bonchev–Trinajstić information content (AvgIpc) is 3.22. The molecular formula is C19H20N4O5. The van der Waals surface area contributed by atoms with Gasteiger partial charge < -0.3 is 20.4 Å². The summed E-state index contributed by atoms with van der Waals surface area (Å²) in [6.45, 7) is 2.87. The number of urea groups is 1. The van der Waals surface area contributed by atoms with E-state index in [4.69, 9.17) is 4.42 Å². The summed E-state index contributed by atoms with van der Waals surface area (Å²) in [7, 11) is 0. The molecule has 0 spiro atoms. The maximum atomic E-state index is 12.4. The molecule has 2 aromatic rings. The Morgan fingerprint density at radius 1 is 1.14 bits per heavy atom. The van der Waals surface area contributed by atoms with Crippen molar-refractivity contribution >= 4 is 29.4 Å². The molecule has 146 valence electrons. The van der Waals surface area contributed by atoms with Crippen LogP contribution in [0.4, 0.5) is 10.5 Å². The van der Waals surface area contributed by atoms with Crippen molar-refractivity contribution in [3.8, 4) is 0 Å². The van der Waals surface area contributed by atoms with Gasteiger partial charge in [-0.2, -0.15) is 0 Å². The van der Waals surface area contributed by atoms with E-state index in [-0.39, 0.29) is 17.8 Å². The number of carbonyl (C=O) groups excluding carboxylic acids is 4. The van der Waals surface area contributed by atoms with Gasteiger partial charge in [-0.3, -0.25) is 19.3 Å². The molecule has 1 saturated heterocycles. The zero-order chi connectivity index (χ0) is 20.3. The van der Waals surface area contributed by atoms with Crippen LogP contribution in [0.25, 0.3) is 0 Å². The predicted molar refractivity (Wildman–Crippen MR) is 99.3 cm³/mol. The summed E-state index contributed by atoms with van der Waals surface area (Å²) in [4.78, 5) is 49.7. The minimum atomic E-state index is -1.05. The maximum Gasteiger partial charge on any atom is 0.325 e. The first-order valence-corrected chi connectivity index (χ1v) is 8.61. The van der Waals surface area contributed by atoms with E-state index in [0.29, 0.717) is 5.76 Å². The zero-order valence-corrected chi connectivity index (χ0v) is 15.4. The van der Waals surface area contributed by atoms with Crippen LogP contribution in [0.2, 0.25) is 0 Å². The van der Waals surface area contributed by atoms with E-state index < -0.39 is 35.8 Å². The highest BCUT2D eigenvalue weighted by Crippen LogP contribution is 2.18. The van der Waals surface area contributed by atoms with Crippen molar-refractivity contribution in [3.05, 3.63) is 54.0 Å². The number of nitrogens with zero attached hydrogens (tertiary/aromatic N) is 1. The molecule has 1 aromatic carbocycles. The van der Waals surface area contributed by atoms with E-state index >= 15 is 0 Å². The molecule has 9 heteroatoms. The van der Waals surface area contributed by atoms with Gasteiger partial charge in [0.15, 0.2) is 0 Å². The fraction of sp³-hybridized carbons (Fsp3) is 0.263. The maximum absolute atomic E-state index is 12.4. The van der Waals surface area contributed by atoms with Crippen LogP contribution in [0.5, 0.6) is 0 Å². The van der Waals surface area contributed by atoms with E-state index in [1.54, 1.807) is 50.2 Å². The van der Waals surface area contributed by atoms with E-state index in [9.17, 15) is 19.2 Å². The van der Waals surface area contributed by atoms with Gasteiger partial charge in [-0.05, 0) is 38.1 Å². The van der Waals surface area contributed by atoms with Crippen molar-refractivity contribution in [2.45, 2.75) is 25.9 Å². The number of hydrogen-bond acceptors (Lipinski definition) is 5. The number of imide groups is 1. The monoisotopic (exact) mass is 384 g/mol. The van der Waals surface area contributed by atoms with Crippen LogP contribution in [-0.4, -0.2) is 40.7 Å². The minimum absolute atomic E-state index is 0.200. The standard InChI is InChI=1S/C19H20N4O5/c1-19(2)17(26)23(18(27)22-19)11-15(24)21-14-8-4-3-7-13(14)16(25)20-10-12-6-5-9-28-12/h3-9H,10-11H2,1-2H3,(H,20,25)(H,21,24)(H,22,27). The number of anilines is 1. The van der Waals surface area contributed by atoms with Crippen LogP contribution < -0.4 is 16.0 Å². The number of hydrogen-bond donors (Lipinski definition) is 3. The Morgan fingerprint density at radius 3 is 2.54 bits per heavy atom. The number of para-hydroxylation sites is 1. The lowest BCUT2D eigenvalue weighted by atomic mass is 10.1. The molecule has 28 heavy (non-hydrogen) atoms. The number of furan rings is 1. The van der Waals surface area contributed by atoms with Crippen LogP contribution in [-0.2, 0) is 16.1 Å². The second-order valence-corrected chi connectivity index (χ2v) is 6.80. The molecule has 1 fully saturated rings. The molecule has 3 N–H and O–H groups in total. The SMILES string of the molecule is CC1(C)NC(=O)N(CC(=O)Nc2ccccc2C(=O)NCc2ccco2)C1=O. The molecule has 1 aliphatic rings. The largest absolute Gasteiger partial charge is 0.467 e. The fourth-order valence-electron chi connectivity index (χ4n) is 2.76. The van der Waals surface area contributed by atoms with Gasteiger partial charge >= 0.3 is 6.03 Å². The van der Waals surface area contributed by atoms with Crippen LogP contribution in [0.3, 0.4) is 0 Å². The van der Waals surface area contributed by atoms with Gasteiger partial charge in [0, 0.05) is 0 Å². The lowest BCUT2D eigenvalue weighted by Gasteiger charge is -2.16. The minimum Gasteiger partial charge on any atom is -0.467 e. The lowest BCUT2D eigenvalue weighted by molar-refractivity contribution is -0.132. The molecule has 0 saturated carbocycles. The van der Waals surface area contributed by atoms with Crippen molar-refractivity contribution in [1.82, 2.24) is 15.5 Å². The summed E-state index contributed by atoms with van der Waals surface area (Å²) in [5.41, 5.74) is -0.531. The normalized spacial score (nSPS) is 15.3. The van der Waals surface area contributed by atoms with Crippen molar-refractivity contribution in [1.29, 1.82) is 0 Å². The molecule has 5 amide bonds. The summed E-state index contributed by atoms with van der Waals surface area (Å²) in [6.07, 6.45) is 1.51. The van der Waals surface area contributed by atoms with Crippen molar-refractivity contribution < 1.29 is 23.6 Å². The van der Waals surface area contributed by atoms with Crippen molar-refractivity contribution in [2.75, 3.05) is 11.9 Å².